The molecule has 3 fully saturated rings. The molecule has 3 heterocycles. The number of hydrogen-bond acceptors (Lipinski definition) is 5. The molecule has 0 spiro atoms. The smallest absolute Gasteiger partial charge is 0.227 e. The van der Waals surface area contributed by atoms with Crippen LogP contribution in [-0.4, -0.2) is 68.4 Å². The number of nitrogens with one attached hydrogen (secondary N) is 1. The number of nitrogens with zero attached hydrogens (tertiary/aromatic N) is 2. The van der Waals surface area contributed by atoms with E-state index in [0.717, 1.165) is 43.6 Å². The standard InChI is InChI=1S/C23H33N3O4S/c1-3-16(2)18-8-4-5-9-20(18)26-13-17(12-22(26)27)23(28)24-19-14-31(29,30)15-21(19)25-10-6-7-11-25/h4-5,8-9,16-17,19,21H,3,6-7,10-15H2,1-2H3,(H,24,28). The molecule has 1 aromatic carbocycles. The number of carbonyl (C=O) groups excluding carboxylic acids is 2. The lowest BCUT2D eigenvalue weighted by atomic mass is 9.96. The Morgan fingerprint density at radius 1 is 1.19 bits per heavy atom. The zero-order chi connectivity index (χ0) is 22.2. The van der Waals surface area contributed by atoms with Crippen molar-refractivity contribution < 1.29 is 18.0 Å². The Morgan fingerprint density at radius 2 is 1.90 bits per heavy atom. The molecule has 4 rings (SSSR count). The summed E-state index contributed by atoms with van der Waals surface area (Å²) in [6.45, 7) is 6.37. The summed E-state index contributed by atoms with van der Waals surface area (Å²) in [5, 5.41) is 3.01. The molecule has 3 aliphatic rings. The Labute approximate surface area is 185 Å². The van der Waals surface area contributed by atoms with Gasteiger partial charge in [-0.3, -0.25) is 14.5 Å². The zero-order valence-corrected chi connectivity index (χ0v) is 19.2. The fourth-order valence-electron chi connectivity index (χ4n) is 5.19. The van der Waals surface area contributed by atoms with Crippen LogP contribution in [0.3, 0.4) is 0 Å². The number of sulfone groups is 1. The average molecular weight is 448 g/mol. The quantitative estimate of drug-likeness (QED) is 0.720. The normalized spacial score (nSPS) is 29.4. The highest BCUT2D eigenvalue weighted by Crippen LogP contribution is 2.33. The van der Waals surface area contributed by atoms with Crippen molar-refractivity contribution in [2.24, 2.45) is 5.92 Å². The highest BCUT2D eigenvalue weighted by molar-refractivity contribution is 7.91. The van der Waals surface area contributed by atoms with E-state index in [4.69, 9.17) is 0 Å². The van der Waals surface area contributed by atoms with Gasteiger partial charge in [0.2, 0.25) is 11.8 Å². The molecule has 3 saturated heterocycles. The molecule has 170 valence electrons. The fraction of sp³-hybridized carbons (Fsp3) is 0.652. The van der Waals surface area contributed by atoms with E-state index >= 15 is 0 Å². The van der Waals surface area contributed by atoms with E-state index in [1.165, 1.54) is 0 Å². The van der Waals surface area contributed by atoms with Gasteiger partial charge in [-0.2, -0.15) is 0 Å². The van der Waals surface area contributed by atoms with Gasteiger partial charge in [0, 0.05) is 24.7 Å². The van der Waals surface area contributed by atoms with E-state index in [2.05, 4.69) is 24.1 Å². The Balaban J connectivity index is 1.46. The molecule has 7 nitrogen and oxygen atoms in total. The Kier molecular flexibility index (Phi) is 6.40. The fourth-order valence-corrected chi connectivity index (χ4v) is 7.14. The minimum atomic E-state index is -3.17. The number of anilines is 1. The molecule has 0 aromatic heterocycles. The van der Waals surface area contributed by atoms with Gasteiger partial charge < -0.3 is 10.2 Å². The zero-order valence-electron chi connectivity index (χ0n) is 18.4. The van der Waals surface area contributed by atoms with Crippen molar-refractivity contribution in [2.75, 3.05) is 36.0 Å². The van der Waals surface area contributed by atoms with E-state index < -0.39 is 21.8 Å². The number of benzene rings is 1. The molecular weight excluding hydrogens is 414 g/mol. The summed E-state index contributed by atoms with van der Waals surface area (Å²) in [7, 11) is -3.17. The summed E-state index contributed by atoms with van der Waals surface area (Å²) in [4.78, 5) is 29.8. The van der Waals surface area contributed by atoms with Crippen LogP contribution >= 0.6 is 0 Å². The summed E-state index contributed by atoms with van der Waals surface area (Å²) < 4.78 is 24.6. The van der Waals surface area contributed by atoms with E-state index in [1.807, 2.05) is 24.3 Å². The number of amides is 2. The Hall–Kier alpha value is -1.93. The molecule has 3 aliphatic heterocycles. The number of hydrogen-bond donors (Lipinski definition) is 1. The second-order valence-electron chi connectivity index (χ2n) is 9.28. The van der Waals surface area contributed by atoms with Gasteiger partial charge >= 0.3 is 0 Å². The first-order valence-corrected chi connectivity index (χ1v) is 13.3. The monoisotopic (exact) mass is 447 g/mol. The summed E-state index contributed by atoms with van der Waals surface area (Å²) >= 11 is 0. The summed E-state index contributed by atoms with van der Waals surface area (Å²) in [5.41, 5.74) is 2.01. The van der Waals surface area contributed by atoms with Crippen LogP contribution in [0, 0.1) is 5.92 Å². The maximum absolute atomic E-state index is 13.1. The van der Waals surface area contributed by atoms with Crippen molar-refractivity contribution in [2.45, 2.75) is 57.5 Å². The molecule has 4 atom stereocenters. The maximum Gasteiger partial charge on any atom is 0.227 e. The lowest BCUT2D eigenvalue weighted by Crippen LogP contribution is -2.51. The van der Waals surface area contributed by atoms with Gasteiger partial charge in [-0.05, 0) is 49.9 Å². The molecule has 2 amide bonds. The van der Waals surface area contributed by atoms with E-state index in [1.54, 1.807) is 4.90 Å². The first-order chi connectivity index (χ1) is 14.8. The van der Waals surface area contributed by atoms with E-state index in [9.17, 15) is 18.0 Å². The van der Waals surface area contributed by atoms with Crippen molar-refractivity contribution in [3.8, 4) is 0 Å². The van der Waals surface area contributed by atoms with Crippen LogP contribution in [0.2, 0.25) is 0 Å². The van der Waals surface area contributed by atoms with Crippen molar-refractivity contribution in [3.63, 3.8) is 0 Å². The Bertz CT molecular complexity index is 942. The van der Waals surface area contributed by atoms with Gasteiger partial charge in [0.05, 0.1) is 23.5 Å². The first-order valence-electron chi connectivity index (χ1n) is 11.4. The molecule has 0 radical (unpaired) electrons. The molecule has 4 unspecified atom stereocenters. The molecule has 1 aromatic rings. The predicted octanol–water partition coefficient (Wildman–Crippen LogP) is 1.93. The average Bonchev–Trinajstić information content (AvgIpc) is 3.46. The highest BCUT2D eigenvalue weighted by Gasteiger charge is 2.44. The summed E-state index contributed by atoms with van der Waals surface area (Å²) in [6, 6.07) is 7.35. The SMILES string of the molecule is CCC(C)c1ccccc1N1CC(C(=O)NC2CS(=O)(=O)CC2N2CCCC2)CC1=O. The lowest BCUT2D eigenvalue weighted by Gasteiger charge is -2.29. The minimum absolute atomic E-state index is 0.0128. The third kappa shape index (κ3) is 4.65. The van der Waals surface area contributed by atoms with Crippen LogP contribution in [0.5, 0.6) is 0 Å². The Morgan fingerprint density at radius 3 is 2.61 bits per heavy atom. The van der Waals surface area contributed by atoms with Gasteiger partial charge in [0.25, 0.3) is 0 Å². The molecule has 0 saturated carbocycles. The second kappa shape index (κ2) is 8.90. The number of likely N-dealkylation sites (tertiary alicyclic amines) is 1. The first kappa shape index (κ1) is 22.3. The van der Waals surface area contributed by atoms with Crippen molar-refractivity contribution in [3.05, 3.63) is 29.8 Å². The molecule has 31 heavy (non-hydrogen) atoms. The third-order valence-electron chi connectivity index (χ3n) is 7.13. The second-order valence-corrected chi connectivity index (χ2v) is 11.4. The van der Waals surface area contributed by atoms with Crippen molar-refractivity contribution >= 4 is 27.3 Å². The molecule has 1 N–H and O–H groups in total. The van der Waals surface area contributed by atoms with Gasteiger partial charge in [-0.15, -0.1) is 0 Å². The van der Waals surface area contributed by atoms with Gasteiger partial charge in [-0.1, -0.05) is 32.0 Å². The van der Waals surface area contributed by atoms with Crippen LogP contribution in [0.25, 0.3) is 0 Å². The lowest BCUT2D eigenvalue weighted by molar-refractivity contribution is -0.127. The predicted molar refractivity (Wildman–Crippen MR) is 121 cm³/mol. The van der Waals surface area contributed by atoms with Crippen LogP contribution in [0.4, 0.5) is 5.69 Å². The van der Waals surface area contributed by atoms with Crippen LogP contribution < -0.4 is 10.2 Å². The molecule has 0 aliphatic carbocycles. The van der Waals surface area contributed by atoms with Gasteiger partial charge in [0.1, 0.15) is 0 Å². The van der Waals surface area contributed by atoms with E-state index in [-0.39, 0.29) is 35.8 Å². The summed E-state index contributed by atoms with van der Waals surface area (Å²) in [5.74, 6) is -0.298. The largest absolute Gasteiger partial charge is 0.350 e. The molecule has 8 heteroatoms. The van der Waals surface area contributed by atoms with Crippen LogP contribution in [-0.2, 0) is 19.4 Å². The third-order valence-corrected chi connectivity index (χ3v) is 8.84. The number of rotatable bonds is 6. The highest BCUT2D eigenvalue weighted by atomic mass is 32.2. The van der Waals surface area contributed by atoms with Crippen LogP contribution in [0.1, 0.15) is 51.0 Å². The van der Waals surface area contributed by atoms with Crippen molar-refractivity contribution in [1.82, 2.24) is 10.2 Å². The van der Waals surface area contributed by atoms with E-state index in [0.29, 0.717) is 12.5 Å². The van der Waals surface area contributed by atoms with Crippen molar-refractivity contribution in [1.29, 1.82) is 0 Å². The minimum Gasteiger partial charge on any atom is -0.350 e. The summed E-state index contributed by atoms with van der Waals surface area (Å²) in [6.07, 6.45) is 3.27. The molecular formula is C23H33N3O4S. The molecule has 0 bridgehead atoms. The van der Waals surface area contributed by atoms with Crippen LogP contribution in [0.15, 0.2) is 24.3 Å². The maximum atomic E-state index is 13.1. The topological polar surface area (TPSA) is 86.8 Å². The number of para-hydroxylation sites is 1. The number of carbonyl (C=O) groups is 2. The van der Waals surface area contributed by atoms with Gasteiger partial charge in [0.15, 0.2) is 9.84 Å². The van der Waals surface area contributed by atoms with Gasteiger partial charge in [-0.25, -0.2) is 8.42 Å².